The number of aromatic nitrogens is 1. The zero-order chi connectivity index (χ0) is 14.7. The van der Waals surface area contributed by atoms with Crippen LogP contribution in [0.2, 0.25) is 0 Å². The van der Waals surface area contributed by atoms with Crippen molar-refractivity contribution in [2.24, 2.45) is 0 Å². The van der Waals surface area contributed by atoms with Gasteiger partial charge in [0.2, 0.25) is 0 Å². The Labute approximate surface area is 131 Å². The van der Waals surface area contributed by atoms with Gasteiger partial charge in [0.1, 0.15) is 10.8 Å². The monoisotopic (exact) mass is 327 g/mol. The molecule has 0 N–H and O–H groups in total. The van der Waals surface area contributed by atoms with Gasteiger partial charge in [-0.2, -0.15) is 0 Å². The van der Waals surface area contributed by atoms with E-state index in [9.17, 15) is 9.59 Å². The average Bonchev–Trinajstić information content (AvgIpc) is 2.78. The number of hydrogen-bond acceptors (Lipinski definition) is 5. The third kappa shape index (κ3) is 3.53. The third-order valence-electron chi connectivity index (χ3n) is 2.66. The Balaban J connectivity index is 2.38. The first-order valence-corrected chi connectivity index (χ1v) is 7.70. The van der Waals surface area contributed by atoms with Gasteiger partial charge in [0, 0.05) is 6.42 Å². The lowest BCUT2D eigenvalue weighted by Crippen LogP contribution is -2.09. The highest BCUT2D eigenvalue weighted by molar-refractivity contribution is 7.97. The second kappa shape index (κ2) is 6.60. The van der Waals surface area contributed by atoms with Crippen molar-refractivity contribution in [3.05, 3.63) is 23.2 Å². The summed E-state index contributed by atoms with van der Waals surface area (Å²) in [7, 11) is 0. The van der Waals surface area contributed by atoms with Gasteiger partial charge in [0.25, 0.3) is 0 Å². The molecule has 106 valence electrons. The van der Waals surface area contributed by atoms with Gasteiger partial charge in [-0.05, 0) is 25.1 Å². The number of ether oxygens (including phenoxy) is 1. The molecule has 0 radical (unpaired) electrons. The van der Waals surface area contributed by atoms with Crippen LogP contribution in [0.3, 0.4) is 0 Å². The molecule has 0 bridgehead atoms. The van der Waals surface area contributed by atoms with E-state index in [0.29, 0.717) is 11.6 Å². The fraction of sp³-hybridized carbons (Fsp3) is 0.308. The predicted octanol–water partition coefficient (Wildman–Crippen LogP) is 3.08. The van der Waals surface area contributed by atoms with Crippen molar-refractivity contribution in [3.63, 3.8) is 0 Å². The number of hydrogen-bond donors (Lipinski definition) is 2. The number of fused-ring (bicyclic) bond motifs is 1. The smallest absolute Gasteiger partial charge is 0.196 e. The number of thiol groups is 2. The molecule has 0 saturated heterocycles. The van der Waals surface area contributed by atoms with E-state index in [-0.39, 0.29) is 16.7 Å². The van der Waals surface area contributed by atoms with Crippen LogP contribution in [0.15, 0.2) is 18.2 Å². The molecule has 1 unspecified atom stereocenters. The van der Waals surface area contributed by atoms with Crippen molar-refractivity contribution in [3.8, 4) is 5.75 Å². The minimum absolute atomic E-state index is 0.00356. The van der Waals surface area contributed by atoms with Crippen LogP contribution in [-0.2, 0) is 9.59 Å². The minimum atomic E-state index is -0.642. The Kier molecular flexibility index (Phi) is 5.06. The van der Waals surface area contributed by atoms with E-state index in [1.54, 1.807) is 0 Å². The summed E-state index contributed by atoms with van der Waals surface area (Å²) in [6, 6.07) is 5.54. The molecule has 1 heterocycles. The summed E-state index contributed by atoms with van der Waals surface area (Å²) < 4.78 is 6.34. The van der Waals surface area contributed by atoms with Crippen LogP contribution in [0.25, 0.3) is 10.2 Å². The van der Waals surface area contributed by atoms with Crippen LogP contribution in [0, 0.1) is 0 Å². The highest BCUT2D eigenvalue weighted by atomic mass is 32.1. The fourth-order valence-electron chi connectivity index (χ4n) is 1.78. The predicted molar refractivity (Wildman–Crippen MR) is 86.1 cm³/mol. The van der Waals surface area contributed by atoms with Crippen molar-refractivity contribution < 1.29 is 14.3 Å². The quantitative estimate of drug-likeness (QED) is 0.801. The maximum Gasteiger partial charge on any atom is 0.196 e. The number of carbonyl (C=O) groups excluding carboxylic acids is 2. The standard InChI is InChI=1S/C13H13NO3S3/c1-2-17-7-3-4-9-10(5-7)20-12(14-9)8(13(16)19)6-11(15)18/h3-5,8H,2,6H2,1H3,(H,15,18)(H,16,19). The average molecular weight is 327 g/mol. The van der Waals surface area contributed by atoms with E-state index in [1.807, 2.05) is 25.1 Å². The first-order valence-electron chi connectivity index (χ1n) is 5.99. The molecule has 0 spiro atoms. The second-order valence-electron chi connectivity index (χ2n) is 4.10. The maximum atomic E-state index is 11.5. The van der Waals surface area contributed by atoms with E-state index in [0.717, 1.165) is 16.0 Å². The normalized spacial score (nSPS) is 12.3. The zero-order valence-corrected chi connectivity index (χ0v) is 13.3. The summed E-state index contributed by atoms with van der Waals surface area (Å²) in [5.74, 6) is 0.116. The summed E-state index contributed by atoms with van der Waals surface area (Å²) in [5.41, 5.74) is 0.777. The Hall–Kier alpha value is -1.05. The molecule has 0 amide bonds. The van der Waals surface area contributed by atoms with Crippen molar-refractivity contribution >= 4 is 57.0 Å². The van der Waals surface area contributed by atoms with Crippen LogP contribution in [-0.4, -0.2) is 21.8 Å². The number of carbonyl (C=O) groups is 2. The van der Waals surface area contributed by atoms with Crippen molar-refractivity contribution in [2.45, 2.75) is 19.3 Å². The molecule has 0 aliphatic heterocycles. The molecule has 20 heavy (non-hydrogen) atoms. The molecule has 1 aromatic heterocycles. The minimum Gasteiger partial charge on any atom is -0.494 e. The van der Waals surface area contributed by atoms with Gasteiger partial charge in [-0.25, -0.2) is 4.98 Å². The molecule has 2 aromatic rings. The van der Waals surface area contributed by atoms with Crippen LogP contribution in [0.1, 0.15) is 24.3 Å². The van der Waals surface area contributed by atoms with Gasteiger partial charge in [-0.15, -0.1) is 36.6 Å². The molecule has 0 saturated carbocycles. The Morgan fingerprint density at radius 1 is 1.40 bits per heavy atom. The molecular weight excluding hydrogens is 314 g/mol. The molecule has 0 fully saturated rings. The molecule has 0 aliphatic carbocycles. The van der Waals surface area contributed by atoms with Gasteiger partial charge in [0.15, 0.2) is 10.2 Å². The molecule has 1 atom stereocenters. The molecule has 0 aliphatic rings. The van der Waals surface area contributed by atoms with Gasteiger partial charge in [0.05, 0.1) is 22.7 Å². The zero-order valence-electron chi connectivity index (χ0n) is 10.7. The SMILES string of the molecule is CCOc1ccc2nc(C(CC(=O)S)C(=O)S)sc2c1. The van der Waals surface area contributed by atoms with Crippen LogP contribution in [0.5, 0.6) is 5.75 Å². The first kappa shape index (κ1) is 15.3. The summed E-state index contributed by atoms with van der Waals surface area (Å²) in [6.07, 6.45) is 0.00356. The van der Waals surface area contributed by atoms with Gasteiger partial charge in [-0.3, -0.25) is 9.59 Å². The van der Waals surface area contributed by atoms with E-state index in [2.05, 4.69) is 30.2 Å². The number of benzene rings is 1. The third-order valence-corrected chi connectivity index (χ3v) is 4.29. The van der Waals surface area contributed by atoms with Crippen molar-refractivity contribution in [2.75, 3.05) is 6.61 Å². The molecule has 2 rings (SSSR count). The maximum absolute atomic E-state index is 11.5. The molecular formula is C13H13NO3S3. The topological polar surface area (TPSA) is 56.3 Å². The van der Waals surface area contributed by atoms with Gasteiger partial charge < -0.3 is 4.74 Å². The Bertz CT molecular complexity index is 653. The number of nitrogens with zero attached hydrogens (tertiary/aromatic N) is 1. The lowest BCUT2D eigenvalue weighted by Gasteiger charge is -2.06. The summed E-state index contributed by atoms with van der Waals surface area (Å²) in [6.45, 7) is 2.50. The van der Waals surface area contributed by atoms with Crippen molar-refractivity contribution in [1.82, 2.24) is 4.98 Å². The second-order valence-corrected chi connectivity index (χ2v) is 6.11. The van der Waals surface area contributed by atoms with Crippen molar-refractivity contribution in [1.29, 1.82) is 0 Å². The highest BCUT2D eigenvalue weighted by Crippen LogP contribution is 2.33. The Morgan fingerprint density at radius 3 is 2.75 bits per heavy atom. The van der Waals surface area contributed by atoms with E-state index in [4.69, 9.17) is 4.74 Å². The number of thiazole rings is 1. The van der Waals surface area contributed by atoms with Gasteiger partial charge in [-0.1, -0.05) is 0 Å². The largest absolute Gasteiger partial charge is 0.494 e. The lowest BCUT2D eigenvalue weighted by molar-refractivity contribution is -0.116. The van der Waals surface area contributed by atoms with E-state index in [1.165, 1.54) is 11.3 Å². The highest BCUT2D eigenvalue weighted by Gasteiger charge is 2.24. The molecule has 7 heteroatoms. The summed E-state index contributed by atoms with van der Waals surface area (Å²) in [4.78, 5) is 27.1. The lowest BCUT2D eigenvalue weighted by atomic mass is 10.1. The summed E-state index contributed by atoms with van der Waals surface area (Å²) >= 11 is 8.92. The fourth-order valence-corrected chi connectivity index (χ4v) is 3.36. The van der Waals surface area contributed by atoms with Crippen LogP contribution in [0.4, 0.5) is 0 Å². The van der Waals surface area contributed by atoms with Gasteiger partial charge >= 0.3 is 0 Å². The van der Waals surface area contributed by atoms with Crippen LogP contribution >= 0.6 is 36.6 Å². The van der Waals surface area contributed by atoms with E-state index >= 15 is 0 Å². The van der Waals surface area contributed by atoms with E-state index < -0.39 is 5.92 Å². The molecule has 1 aromatic carbocycles. The summed E-state index contributed by atoms with van der Waals surface area (Å²) in [5, 5.41) is -0.154. The molecule has 4 nitrogen and oxygen atoms in total. The number of rotatable bonds is 6. The first-order chi connectivity index (χ1) is 9.51. The van der Waals surface area contributed by atoms with Crippen LogP contribution < -0.4 is 4.74 Å². The Morgan fingerprint density at radius 2 is 2.15 bits per heavy atom.